The van der Waals surface area contributed by atoms with Crippen LogP contribution in [-0.2, 0) is 6.54 Å². The number of carbonyl (C=O) groups is 1. The van der Waals surface area contributed by atoms with E-state index >= 15 is 0 Å². The predicted octanol–water partition coefficient (Wildman–Crippen LogP) is 3.87. The van der Waals surface area contributed by atoms with Crippen molar-refractivity contribution < 1.29 is 4.79 Å². The van der Waals surface area contributed by atoms with Gasteiger partial charge in [-0.15, -0.1) is 0 Å². The molecule has 1 aromatic carbocycles. The van der Waals surface area contributed by atoms with E-state index in [1.807, 2.05) is 29.2 Å². The normalized spacial score (nSPS) is 17.6. The highest BCUT2D eigenvalue weighted by Crippen LogP contribution is 2.18. The molecule has 4 nitrogen and oxygen atoms in total. The number of amides is 1. The largest absolute Gasteiger partial charge is 0.380 e. The van der Waals surface area contributed by atoms with E-state index in [2.05, 4.69) is 36.3 Å². The van der Waals surface area contributed by atoms with Crippen LogP contribution in [0, 0.1) is 12.8 Å². The van der Waals surface area contributed by atoms with Crippen molar-refractivity contribution >= 4 is 11.6 Å². The number of aromatic nitrogens is 1. The van der Waals surface area contributed by atoms with Crippen molar-refractivity contribution in [2.24, 2.45) is 5.92 Å². The fourth-order valence-corrected chi connectivity index (χ4v) is 3.17. The summed E-state index contributed by atoms with van der Waals surface area (Å²) in [5, 5.41) is 3.37. The second kappa shape index (κ2) is 7.47. The summed E-state index contributed by atoms with van der Waals surface area (Å²) in [4.78, 5) is 18.8. The Morgan fingerprint density at radius 1 is 1.29 bits per heavy atom. The zero-order chi connectivity index (χ0) is 16.9. The quantitative estimate of drug-likeness (QED) is 0.929. The molecule has 3 rings (SSSR count). The maximum absolute atomic E-state index is 12.5. The summed E-state index contributed by atoms with van der Waals surface area (Å²) in [5.41, 5.74) is 4.00. The fourth-order valence-electron chi connectivity index (χ4n) is 3.17. The van der Waals surface area contributed by atoms with E-state index in [0.717, 1.165) is 31.7 Å². The number of anilines is 1. The molecule has 24 heavy (non-hydrogen) atoms. The van der Waals surface area contributed by atoms with E-state index in [4.69, 9.17) is 0 Å². The molecule has 1 fully saturated rings. The van der Waals surface area contributed by atoms with Crippen molar-refractivity contribution in [2.45, 2.75) is 33.2 Å². The first-order valence-corrected chi connectivity index (χ1v) is 8.67. The van der Waals surface area contributed by atoms with Gasteiger partial charge in [-0.3, -0.25) is 4.79 Å². The first-order valence-electron chi connectivity index (χ1n) is 8.67. The first kappa shape index (κ1) is 16.5. The van der Waals surface area contributed by atoms with Crippen LogP contribution in [-0.4, -0.2) is 28.9 Å². The number of aryl methyl sites for hydroxylation is 1. The molecule has 2 heterocycles. The molecule has 4 heteroatoms. The number of pyridine rings is 1. The minimum Gasteiger partial charge on any atom is -0.380 e. The molecular weight excluding hydrogens is 298 g/mol. The second-order valence-electron chi connectivity index (χ2n) is 6.71. The lowest BCUT2D eigenvalue weighted by atomic mass is 10.00. The number of piperidine rings is 1. The van der Waals surface area contributed by atoms with Crippen LogP contribution < -0.4 is 5.32 Å². The molecular formula is C20H25N3O. The Bertz CT molecular complexity index is 696. The Balaban J connectivity index is 1.61. The first-order chi connectivity index (χ1) is 11.6. The van der Waals surface area contributed by atoms with Crippen LogP contribution in [0.25, 0.3) is 0 Å². The molecule has 0 spiro atoms. The molecule has 1 aliphatic rings. The number of nitrogens with zero attached hydrogens (tertiary/aromatic N) is 2. The van der Waals surface area contributed by atoms with Gasteiger partial charge in [-0.1, -0.05) is 31.2 Å². The van der Waals surface area contributed by atoms with Crippen molar-refractivity contribution in [2.75, 3.05) is 18.4 Å². The lowest BCUT2D eigenvalue weighted by Gasteiger charge is -2.30. The van der Waals surface area contributed by atoms with Crippen molar-refractivity contribution in [3.05, 3.63) is 59.4 Å². The minimum absolute atomic E-state index is 0.0482. The van der Waals surface area contributed by atoms with Crippen LogP contribution in [0.1, 0.15) is 41.4 Å². The highest BCUT2D eigenvalue weighted by molar-refractivity contribution is 5.92. The monoisotopic (exact) mass is 323 g/mol. The van der Waals surface area contributed by atoms with E-state index < -0.39 is 0 Å². The highest BCUT2D eigenvalue weighted by atomic mass is 16.2. The summed E-state index contributed by atoms with van der Waals surface area (Å²) in [5.74, 6) is 0.629. The summed E-state index contributed by atoms with van der Waals surface area (Å²) in [6, 6.07) is 12.1. The third-order valence-electron chi connectivity index (χ3n) is 4.67. The number of likely N-dealkylation sites (tertiary alicyclic amines) is 1. The number of benzene rings is 1. The number of carbonyl (C=O) groups excluding carboxylic acids is 1. The summed E-state index contributed by atoms with van der Waals surface area (Å²) in [6.45, 7) is 6.75. The molecule has 0 radical (unpaired) electrons. The Kier molecular flexibility index (Phi) is 5.14. The molecule has 0 aliphatic carbocycles. The molecule has 1 aromatic heterocycles. The maximum atomic E-state index is 12.5. The molecule has 1 aliphatic heterocycles. The summed E-state index contributed by atoms with van der Waals surface area (Å²) in [6.07, 6.45) is 4.04. The zero-order valence-corrected chi connectivity index (χ0v) is 14.5. The van der Waals surface area contributed by atoms with E-state index in [-0.39, 0.29) is 5.91 Å². The number of hydrogen-bond donors (Lipinski definition) is 1. The van der Waals surface area contributed by atoms with Gasteiger partial charge in [0.2, 0.25) is 0 Å². The average Bonchev–Trinajstić information content (AvgIpc) is 2.61. The van der Waals surface area contributed by atoms with Crippen molar-refractivity contribution in [3.63, 3.8) is 0 Å². The van der Waals surface area contributed by atoms with E-state index in [1.54, 1.807) is 6.20 Å². The van der Waals surface area contributed by atoms with E-state index in [1.165, 1.54) is 17.5 Å². The second-order valence-corrected chi connectivity index (χ2v) is 6.71. The molecule has 2 aromatic rings. The van der Waals surface area contributed by atoms with Gasteiger partial charge in [0.05, 0.1) is 11.9 Å². The summed E-state index contributed by atoms with van der Waals surface area (Å²) >= 11 is 0. The van der Waals surface area contributed by atoms with Gasteiger partial charge in [-0.05, 0) is 48.9 Å². The minimum atomic E-state index is 0.0482. The van der Waals surface area contributed by atoms with Crippen LogP contribution in [0.4, 0.5) is 5.69 Å². The third-order valence-corrected chi connectivity index (χ3v) is 4.67. The lowest BCUT2D eigenvalue weighted by Crippen LogP contribution is -2.39. The third kappa shape index (κ3) is 3.94. The van der Waals surface area contributed by atoms with Gasteiger partial charge in [0.15, 0.2) is 0 Å². The van der Waals surface area contributed by atoms with Gasteiger partial charge >= 0.3 is 0 Å². The summed E-state index contributed by atoms with van der Waals surface area (Å²) < 4.78 is 0. The fraction of sp³-hybridized carbons (Fsp3) is 0.400. The molecule has 1 amide bonds. The van der Waals surface area contributed by atoms with Gasteiger partial charge in [0.25, 0.3) is 5.91 Å². The molecule has 1 atom stereocenters. The number of rotatable bonds is 4. The van der Waals surface area contributed by atoms with Crippen LogP contribution in [0.2, 0.25) is 0 Å². The molecule has 0 saturated carbocycles. The standard InChI is InChI=1S/C20H25N3O/c1-15-6-5-11-23(14-15)20(24)19-10-9-18(13-22-19)21-12-17-8-4-3-7-16(17)2/h3-4,7-10,13,15,21H,5-6,11-12,14H2,1-2H3. The van der Waals surface area contributed by atoms with Crippen LogP contribution in [0.15, 0.2) is 42.6 Å². The van der Waals surface area contributed by atoms with Gasteiger partial charge in [0.1, 0.15) is 5.69 Å². The molecule has 1 unspecified atom stereocenters. The SMILES string of the molecule is Cc1ccccc1CNc1ccc(C(=O)N2CCCC(C)C2)nc1. The molecule has 1 N–H and O–H groups in total. The predicted molar refractivity (Wildman–Crippen MR) is 97.0 cm³/mol. The highest BCUT2D eigenvalue weighted by Gasteiger charge is 2.22. The van der Waals surface area contributed by atoms with Crippen molar-refractivity contribution in [1.82, 2.24) is 9.88 Å². The Hall–Kier alpha value is -2.36. The van der Waals surface area contributed by atoms with Gasteiger partial charge in [-0.25, -0.2) is 4.98 Å². The van der Waals surface area contributed by atoms with Crippen LogP contribution in [0.5, 0.6) is 0 Å². The van der Waals surface area contributed by atoms with E-state index in [9.17, 15) is 4.79 Å². The zero-order valence-electron chi connectivity index (χ0n) is 14.5. The number of hydrogen-bond acceptors (Lipinski definition) is 3. The van der Waals surface area contributed by atoms with Crippen molar-refractivity contribution in [1.29, 1.82) is 0 Å². The molecule has 0 bridgehead atoms. The average molecular weight is 323 g/mol. The Labute approximate surface area is 143 Å². The molecule has 126 valence electrons. The topological polar surface area (TPSA) is 45.2 Å². The van der Waals surface area contributed by atoms with Crippen LogP contribution in [0.3, 0.4) is 0 Å². The van der Waals surface area contributed by atoms with E-state index in [0.29, 0.717) is 11.6 Å². The maximum Gasteiger partial charge on any atom is 0.272 e. The van der Waals surface area contributed by atoms with Gasteiger partial charge < -0.3 is 10.2 Å². The Morgan fingerprint density at radius 3 is 2.83 bits per heavy atom. The van der Waals surface area contributed by atoms with Crippen molar-refractivity contribution in [3.8, 4) is 0 Å². The molecule has 1 saturated heterocycles. The van der Waals surface area contributed by atoms with Gasteiger partial charge in [-0.2, -0.15) is 0 Å². The van der Waals surface area contributed by atoms with Gasteiger partial charge in [0, 0.05) is 19.6 Å². The number of nitrogens with one attached hydrogen (secondary N) is 1. The summed E-state index contributed by atoms with van der Waals surface area (Å²) in [7, 11) is 0. The van der Waals surface area contributed by atoms with Crippen LogP contribution >= 0.6 is 0 Å². The smallest absolute Gasteiger partial charge is 0.272 e. The lowest BCUT2D eigenvalue weighted by molar-refractivity contribution is 0.0677. The Morgan fingerprint density at radius 2 is 2.12 bits per heavy atom.